The molecule has 0 fully saturated rings. The number of carbonyl (C=O) groups excluding carboxylic acids is 2. The second kappa shape index (κ2) is 5.14. The number of phenolic OH excluding ortho intramolecular Hbond substituents is 1. The summed E-state index contributed by atoms with van der Waals surface area (Å²) >= 11 is 0. The van der Waals surface area contributed by atoms with Crippen LogP contribution >= 0.6 is 0 Å². The lowest BCUT2D eigenvalue weighted by atomic mass is 10.0. The molecule has 15 heavy (non-hydrogen) atoms. The van der Waals surface area contributed by atoms with Crippen LogP contribution in [0.2, 0.25) is 0 Å². The SMILES string of the molecule is CC(=O)NCC([C]=O)c1ccc(O)cc1. The fourth-order valence-corrected chi connectivity index (χ4v) is 1.18. The summed E-state index contributed by atoms with van der Waals surface area (Å²) in [4.78, 5) is 21.3. The molecule has 0 aliphatic heterocycles. The molecule has 79 valence electrons. The van der Waals surface area contributed by atoms with Gasteiger partial charge in [-0.05, 0) is 17.7 Å². The van der Waals surface area contributed by atoms with E-state index in [0.29, 0.717) is 0 Å². The van der Waals surface area contributed by atoms with Crippen molar-refractivity contribution in [1.82, 2.24) is 5.32 Å². The van der Waals surface area contributed by atoms with Crippen molar-refractivity contribution in [3.05, 3.63) is 29.8 Å². The van der Waals surface area contributed by atoms with Gasteiger partial charge >= 0.3 is 0 Å². The van der Waals surface area contributed by atoms with E-state index in [0.717, 1.165) is 5.56 Å². The lowest BCUT2D eigenvalue weighted by Gasteiger charge is -2.10. The molecule has 0 spiro atoms. The summed E-state index contributed by atoms with van der Waals surface area (Å²) in [5, 5.41) is 11.6. The number of carbonyl (C=O) groups is 1. The van der Waals surface area contributed by atoms with Crippen LogP contribution in [0.25, 0.3) is 0 Å². The molecule has 1 atom stereocenters. The van der Waals surface area contributed by atoms with Crippen LogP contribution in [-0.4, -0.2) is 23.8 Å². The molecule has 1 aromatic carbocycles. The number of aromatic hydroxyl groups is 1. The Kier molecular flexibility index (Phi) is 3.85. The number of hydrogen-bond donors (Lipinski definition) is 2. The first-order valence-corrected chi connectivity index (χ1v) is 4.54. The molecule has 0 bridgehead atoms. The second-order valence-electron chi connectivity index (χ2n) is 3.20. The highest BCUT2D eigenvalue weighted by Crippen LogP contribution is 2.16. The highest BCUT2D eigenvalue weighted by atomic mass is 16.3. The van der Waals surface area contributed by atoms with Crippen LogP contribution in [0.4, 0.5) is 0 Å². The van der Waals surface area contributed by atoms with Gasteiger partial charge in [0.15, 0.2) is 0 Å². The van der Waals surface area contributed by atoms with Gasteiger partial charge < -0.3 is 10.4 Å². The topological polar surface area (TPSA) is 66.4 Å². The molecule has 0 aliphatic rings. The van der Waals surface area contributed by atoms with E-state index in [1.807, 2.05) is 6.29 Å². The summed E-state index contributed by atoms with van der Waals surface area (Å²) in [5.41, 5.74) is 0.719. The molecule has 2 N–H and O–H groups in total. The molecule has 0 saturated heterocycles. The molecular formula is C11H12NO3. The van der Waals surface area contributed by atoms with Gasteiger partial charge in [0, 0.05) is 13.5 Å². The summed E-state index contributed by atoms with van der Waals surface area (Å²) in [6.07, 6.45) is 1.85. The van der Waals surface area contributed by atoms with E-state index in [1.165, 1.54) is 19.1 Å². The fourth-order valence-electron chi connectivity index (χ4n) is 1.18. The fraction of sp³-hybridized carbons (Fsp3) is 0.273. The maximum absolute atomic E-state index is 10.7. The first-order chi connectivity index (χ1) is 7.13. The minimum absolute atomic E-state index is 0.142. The van der Waals surface area contributed by atoms with Crippen molar-refractivity contribution in [2.75, 3.05) is 6.54 Å². The number of hydrogen-bond acceptors (Lipinski definition) is 3. The van der Waals surface area contributed by atoms with Gasteiger partial charge in [-0.15, -0.1) is 0 Å². The molecule has 4 heteroatoms. The van der Waals surface area contributed by atoms with Crippen LogP contribution < -0.4 is 5.32 Å². The largest absolute Gasteiger partial charge is 0.508 e. The van der Waals surface area contributed by atoms with Crippen LogP contribution in [0.5, 0.6) is 5.75 Å². The van der Waals surface area contributed by atoms with Crippen LogP contribution in [0.1, 0.15) is 18.4 Å². The number of benzene rings is 1. The monoisotopic (exact) mass is 206 g/mol. The lowest BCUT2D eigenvalue weighted by Crippen LogP contribution is -2.26. The van der Waals surface area contributed by atoms with Crippen molar-refractivity contribution >= 4 is 12.2 Å². The van der Waals surface area contributed by atoms with Crippen molar-refractivity contribution < 1.29 is 14.7 Å². The quantitative estimate of drug-likeness (QED) is 0.762. The predicted molar refractivity (Wildman–Crippen MR) is 55.2 cm³/mol. The standard InChI is InChI=1S/C11H12NO3/c1-8(14)12-6-10(7-13)9-2-4-11(15)5-3-9/h2-5,10,15H,6H2,1H3,(H,12,14). The average molecular weight is 206 g/mol. The number of amides is 1. The molecule has 0 aliphatic carbocycles. The second-order valence-corrected chi connectivity index (χ2v) is 3.20. The third kappa shape index (κ3) is 3.42. The molecule has 0 heterocycles. The van der Waals surface area contributed by atoms with Crippen molar-refractivity contribution in [3.63, 3.8) is 0 Å². The van der Waals surface area contributed by atoms with Gasteiger partial charge in [0.1, 0.15) is 5.75 Å². The van der Waals surface area contributed by atoms with Gasteiger partial charge in [0.2, 0.25) is 12.2 Å². The van der Waals surface area contributed by atoms with E-state index < -0.39 is 5.92 Å². The van der Waals surface area contributed by atoms with Gasteiger partial charge in [0.25, 0.3) is 0 Å². The Bertz CT molecular complexity index is 345. The summed E-state index contributed by atoms with van der Waals surface area (Å²) in [6, 6.07) is 6.25. The van der Waals surface area contributed by atoms with Crippen molar-refractivity contribution in [2.24, 2.45) is 0 Å². The van der Waals surface area contributed by atoms with Gasteiger partial charge in [0.05, 0.1) is 5.92 Å². The van der Waals surface area contributed by atoms with Crippen molar-refractivity contribution in [3.8, 4) is 5.75 Å². The van der Waals surface area contributed by atoms with Crippen LogP contribution in [0, 0.1) is 0 Å². The first kappa shape index (κ1) is 11.2. The van der Waals surface area contributed by atoms with Crippen LogP contribution in [0.15, 0.2) is 24.3 Å². The molecular weight excluding hydrogens is 194 g/mol. The first-order valence-electron chi connectivity index (χ1n) is 4.54. The average Bonchev–Trinajstić information content (AvgIpc) is 2.21. The van der Waals surface area contributed by atoms with E-state index in [1.54, 1.807) is 12.1 Å². The normalized spacial score (nSPS) is 11.8. The molecule has 1 rings (SSSR count). The minimum atomic E-state index is -0.491. The summed E-state index contributed by atoms with van der Waals surface area (Å²) in [5.74, 6) is -0.536. The molecule has 1 amide bonds. The van der Waals surface area contributed by atoms with Crippen molar-refractivity contribution in [2.45, 2.75) is 12.8 Å². The smallest absolute Gasteiger partial charge is 0.216 e. The molecule has 1 radical (unpaired) electrons. The van der Waals surface area contributed by atoms with Crippen molar-refractivity contribution in [1.29, 1.82) is 0 Å². The Hall–Kier alpha value is -1.84. The third-order valence-electron chi connectivity index (χ3n) is 1.99. The zero-order valence-electron chi connectivity index (χ0n) is 8.36. The van der Waals surface area contributed by atoms with Gasteiger partial charge in [-0.2, -0.15) is 0 Å². The van der Waals surface area contributed by atoms with Gasteiger partial charge in [-0.1, -0.05) is 12.1 Å². The Balaban J connectivity index is 2.69. The maximum atomic E-state index is 10.7. The molecule has 4 nitrogen and oxygen atoms in total. The summed E-state index contributed by atoms with van der Waals surface area (Å²) in [7, 11) is 0. The zero-order valence-corrected chi connectivity index (χ0v) is 8.36. The van der Waals surface area contributed by atoms with E-state index in [9.17, 15) is 9.59 Å². The van der Waals surface area contributed by atoms with Crippen LogP contribution in [0.3, 0.4) is 0 Å². The Labute approximate surface area is 87.9 Å². The van der Waals surface area contributed by atoms with E-state index in [4.69, 9.17) is 5.11 Å². The van der Waals surface area contributed by atoms with Gasteiger partial charge in [-0.25, -0.2) is 0 Å². The van der Waals surface area contributed by atoms with E-state index in [2.05, 4.69) is 5.32 Å². The molecule has 1 unspecified atom stereocenters. The Morgan fingerprint density at radius 3 is 2.53 bits per heavy atom. The maximum Gasteiger partial charge on any atom is 0.216 e. The highest BCUT2D eigenvalue weighted by molar-refractivity contribution is 5.74. The summed E-state index contributed by atoms with van der Waals surface area (Å²) in [6.45, 7) is 1.61. The zero-order chi connectivity index (χ0) is 11.3. The minimum Gasteiger partial charge on any atom is -0.508 e. The summed E-state index contributed by atoms with van der Waals surface area (Å²) < 4.78 is 0. The Morgan fingerprint density at radius 2 is 2.07 bits per heavy atom. The molecule has 1 aromatic rings. The van der Waals surface area contributed by atoms with Gasteiger partial charge in [-0.3, -0.25) is 9.59 Å². The lowest BCUT2D eigenvalue weighted by molar-refractivity contribution is -0.118. The number of phenols is 1. The molecule has 0 saturated carbocycles. The predicted octanol–water partition coefficient (Wildman–Crippen LogP) is 0.722. The highest BCUT2D eigenvalue weighted by Gasteiger charge is 2.11. The Morgan fingerprint density at radius 1 is 1.47 bits per heavy atom. The third-order valence-corrected chi connectivity index (χ3v) is 1.99. The van der Waals surface area contributed by atoms with E-state index >= 15 is 0 Å². The number of nitrogens with one attached hydrogen (secondary N) is 1. The van der Waals surface area contributed by atoms with Crippen LogP contribution in [-0.2, 0) is 9.59 Å². The number of rotatable bonds is 4. The van der Waals surface area contributed by atoms with E-state index in [-0.39, 0.29) is 18.2 Å². The molecule has 0 aromatic heterocycles.